The number of nitrogens with zero attached hydrogens (tertiary/aromatic N) is 2. The quantitative estimate of drug-likeness (QED) is 0.557. The van der Waals surface area contributed by atoms with Crippen LogP contribution >= 0.6 is 0 Å². The molecule has 0 fully saturated rings. The topological polar surface area (TPSA) is 73.2 Å². The zero-order valence-electron chi connectivity index (χ0n) is 16.3. The molecule has 0 spiro atoms. The fourth-order valence-electron chi connectivity index (χ4n) is 3.23. The molecule has 0 unspecified atom stereocenters. The summed E-state index contributed by atoms with van der Waals surface area (Å²) in [6.07, 6.45) is 0. The second kappa shape index (κ2) is 7.79. The molecular weight excluding hydrogens is 385 g/mol. The first-order valence-corrected chi connectivity index (χ1v) is 9.21. The molecule has 6 nitrogen and oxygen atoms in total. The molecule has 0 aliphatic heterocycles. The van der Waals surface area contributed by atoms with Crippen molar-refractivity contribution in [2.24, 2.45) is 0 Å². The second-order valence-corrected chi connectivity index (χ2v) is 6.66. The maximum Gasteiger partial charge on any atom is 0.265 e. The van der Waals surface area contributed by atoms with Crippen molar-refractivity contribution in [2.45, 2.75) is 6.92 Å². The zero-order chi connectivity index (χ0) is 21.3. The van der Waals surface area contributed by atoms with Crippen LogP contribution in [0.3, 0.4) is 0 Å². The molecule has 4 rings (SSSR count). The molecular formula is C23H18FN3O3. The first-order chi connectivity index (χ1) is 14.5. The lowest BCUT2D eigenvalue weighted by Crippen LogP contribution is -2.22. The molecule has 0 aliphatic carbocycles. The highest BCUT2D eigenvalue weighted by molar-refractivity contribution is 6.04. The van der Waals surface area contributed by atoms with E-state index in [1.807, 2.05) is 6.07 Å². The van der Waals surface area contributed by atoms with Gasteiger partial charge in [-0.05, 0) is 61.5 Å². The number of hydrogen-bond acceptors (Lipinski definition) is 4. The summed E-state index contributed by atoms with van der Waals surface area (Å²) in [6.45, 7) is 1.70. The minimum atomic E-state index is -0.611. The fraction of sp³-hybridized carbons (Fsp3) is 0.0870. The maximum absolute atomic E-state index is 14.4. The predicted molar refractivity (Wildman–Crippen MR) is 113 cm³/mol. The number of ether oxygens (including phenoxy) is 1. The van der Waals surface area contributed by atoms with Gasteiger partial charge in [-0.15, -0.1) is 0 Å². The molecule has 30 heavy (non-hydrogen) atoms. The third kappa shape index (κ3) is 3.53. The van der Waals surface area contributed by atoms with Crippen LogP contribution in [-0.2, 0) is 0 Å². The Labute approximate surface area is 171 Å². The number of amides is 1. The molecule has 7 heteroatoms. The molecule has 1 heterocycles. The third-order valence-corrected chi connectivity index (χ3v) is 4.75. The molecule has 1 amide bonds. The van der Waals surface area contributed by atoms with Gasteiger partial charge in [0, 0.05) is 5.56 Å². The van der Waals surface area contributed by atoms with Crippen LogP contribution in [0.2, 0.25) is 0 Å². The van der Waals surface area contributed by atoms with E-state index in [0.29, 0.717) is 33.7 Å². The smallest absolute Gasteiger partial charge is 0.265 e. The average molecular weight is 403 g/mol. The van der Waals surface area contributed by atoms with Crippen molar-refractivity contribution in [3.63, 3.8) is 0 Å². The van der Waals surface area contributed by atoms with Crippen molar-refractivity contribution in [3.8, 4) is 11.4 Å². The first kappa shape index (κ1) is 19.3. The van der Waals surface area contributed by atoms with Gasteiger partial charge >= 0.3 is 0 Å². The molecule has 150 valence electrons. The van der Waals surface area contributed by atoms with E-state index >= 15 is 0 Å². The predicted octanol–water partition coefficient (Wildman–Crippen LogP) is 4.09. The number of aryl methyl sites for hydroxylation is 1. The van der Waals surface area contributed by atoms with Crippen LogP contribution < -0.4 is 15.6 Å². The number of nitrogens with one attached hydrogen (secondary N) is 1. The average Bonchev–Trinajstić information content (AvgIpc) is 2.76. The van der Waals surface area contributed by atoms with E-state index in [9.17, 15) is 14.0 Å². The Kier molecular flexibility index (Phi) is 5.02. The Morgan fingerprint density at radius 1 is 1.07 bits per heavy atom. The van der Waals surface area contributed by atoms with Crippen molar-refractivity contribution in [3.05, 3.63) is 94.3 Å². The number of hydrogen-bond donors (Lipinski definition) is 1. The molecule has 0 radical (unpaired) electrons. The van der Waals surface area contributed by atoms with Gasteiger partial charge in [-0.3, -0.25) is 14.2 Å². The Morgan fingerprint density at radius 3 is 2.53 bits per heavy atom. The van der Waals surface area contributed by atoms with Crippen LogP contribution in [0.5, 0.6) is 5.75 Å². The SMILES string of the molecule is COc1ccc(C(=O)Nc2cc(-n3c(C)nc4ccccc4c3=O)ccc2F)cc1. The molecule has 1 N–H and O–H groups in total. The summed E-state index contributed by atoms with van der Waals surface area (Å²) in [5.74, 6) is -0.0226. The number of para-hydroxylation sites is 1. The first-order valence-electron chi connectivity index (χ1n) is 9.21. The Morgan fingerprint density at radius 2 is 1.80 bits per heavy atom. The Bertz CT molecular complexity index is 1310. The van der Waals surface area contributed by atoms with Crippen LogP contribution in [0.25, 0.3) is 16.6 Å². The third-order valence-electron chi connectivity index (χ3n) is 4.75. The van der Waals surface area contributed by atoms with Gasteiger partial charge in [-0.25, -0.2) is 9.37 Å². The number of halogens is 1. The van der Waals surface area contributed by atoms with E-state index < -0.39 is 11.7 Å². The normalized spacial score (nSPS) is 10.8. The summed E-state index contributed by atoms with van der Waals surface area (Å²) in [7, 11) is 1.53. The summed E-state index contributed by atoms with van der Waals surface area (Å²) >= 11 is 0. The standard InChI is InChI=1S/C23H18FN3O3/c1-14-25-20-6-4-3-5-18(20)23(29)27(14)16-9-12-19(24)21(13-16)26-22(28)15-7-10-17(30-2)11-8-15/h3-13H,1-2H3,(H,26,28). The van der Waals surface area contributed by atoms with E-state index in [2.05, 4.69) is 10.3 Å². The number of anilines is 1. The Hall–Kier alpha value is -4.00. The number of rotatable bonds is 4. The number of methoxy groups -OCH3 is 1. The molecule has 4 aromatic rings. The monoisotopic (exact) mass is 403 g/mol. The van der Waals surface area contributed by atoms with Crippen LogP contribution in [0.4, 0.5) is 10.1 Å². The number of aromatic nitrogens is 2. The number of carbonyl (C=O) groups excluding carboxylic acids is 1. The highest BCUT2D eigenvalue weighted by Crippen LogP contribution is 2.21. The van der Waals surface area contributed by atoms with E-state index in [-0.39, 0.29) is 11.2 Å². The number of carbonyl (C=O) groups is 1. The lowest BCUT2D eigenvalue weighted by molar-refractivity contribution is 0.102. The highest BCUT2D eigenvalue weighted by Gasteiger charge is 2.14. The van der Waals surface area contributed by atoms with Crippen molar-refractivity contribution < 1.29 is 13.9 Å². The minimum absolute atomic E-state index is 0.0345. The van der Waals surface area contributed by atoms with Crippen LogP contribution in [0.15, 0.2) is 71.5 Å². The molecule has 0 aliphatic rings. The molecule has 0 atom stereocenters. The van der Waals surface area contributed by atoms with E-state index in [0.717, 1.165) is 0 Å². The molecule has 0 saturated carbocycles. The van der Waals surface area contributed by atoms with Gasteiger partial charge in [0.2, 0.25) is 0 Å². The van der Waals surface area contributed by atoms with Gasteiger partial charge in [-0.2, -0.15) is 0 Å². The second-order valence-electron chi connectivity index (χ2n) is 6.66. The number of benzene rings is 3. The molecule has 1 aromatic heterocycles. The van der Waals surface area contributed by atoms with Gasteiger partial charge in [0.15, 0.2) is 0 Å². The number of fused-ring (bicyclic) bond motifs is 1. The lowest BCUT2D eigenvalue weighted by atomic mass is 10.2. The summed E-state index contributed by atoms with van der Waals surface area (Å²) in [4.78, 5) is 30.0. The summed E-state index contributed by atoms with van der Waals surface area (Å²) in [5.41, 5.74) is 1.04. The molecule has 0 bridgehead atoms. The van der Waals surface area contributed by atoms with E-state index in [1.165, 1.54) is 29.9 Å². The van der Waals surface area contributed by atoms with Crippen molar-refractivity contribution in [1.82, 2.24) is 9.55 Å². The van der Waals surface area contributed by atoms with Gasteiger partial charge in [-0.1, -0.05) is 12.1 Å². The molecule has 0 saturated heterocycles. The summed E-state index contributed by atoms with van der Waals surface area (Å²) in [6, 6.07) is 17.6. The highest BCUT2D eigenvalue weighted by atomic mass is 19.1. The van der Waals surface area contributed by atoms with Crippen LogP contribution in [0.1, 0.15) is 16.2 Å². The van der Waals surface area contributed by atoms with Crippen molar-refractivity contribution in [1.29, 1.82) is 0 Å². The summed E-state index contributed by atoms with van der Waals surface area (Å²) in [5, 5.41) is 3.01. The van der Waals surface area contributed by atoms with Crippen molar-refractivity contribution >= 4 is 22.5 Å². The van der Waals surface area contributed by atoms with E-state index in [4.69, 9.17) is 4.74 Å². The van der Waals surface area contributed by atoms with E-state index in [1.54, 1.807) is 49.4 Å². The maximum atomic E-state index is 14.4. The Balaban J connectivity index is 1.73. The molecule has 3 aromatic carbocycles. The van der Waals surface area contributed by atoms with Gasteiger partial charge < -0.3 is 10.1 Å². The lowest BCUT2D eigenvalue weighted by Gasteiger charge is -2.13. The van der Waals surface area contributed by atoms with Gasteiger partial charge in [0.25, 0.3) is 11.5 Å². The van der Waals surface area contributed by atoms with Crippen LogP contribution in [0, 0.1) is 12.7 Å². The fourth-order valence-corrected chi connectivity index (χ4v) is 3.23. The van der Waals surface area contributed by atoms with Crippen LogP contribution in [-0.4, -0.2) is 22.6 Å². The van der Waals surface area contributed by atoms with Crippen molar-refractivity contribution in [2.75, 3.05) is 12.4 Å². The van der Waals surface area contributed by atoms with Gasteiger partial charge in [0.05, 0.1) is 29.4 Å². The van der Waals surface area contributed by atoms with Gasteiger partial charge in [0.1, 0.15) is 17.4 Å². The minimum Gasteiger partial charge on any atom is -0.497 e. The zero-order valence-corrected chi connectivity index (χ0v) is 16.3. The largest absolute Gasteiger partial charge is 0.497 e. The summed E-state index contributed by atoms with van der Waals surface area (Å²) < 4.78 is 20.9.